The van der Waals surface area contributed by atoms with E-state index in [1.807, 2.05) is 0 Å². The number of carboxylic acids is 1. The quantitative estimate of drug-likeness (QED) is 0.620. The van der Waals surface area contributed by atoms with Crippen molar-refractivity contribution in [3.8, 4) is 5.75 Å². The summed E-state index contributed by atoms with van der Waals surface area (Å²) in [5.41, 5.74) is 5.10. The fraction of sp³-hybridized carbons (Fsp3) is 0.385. The summed E-state index contributed by atoms with van der Waals surface area (Å²) >= 11 is 0. The monoisotopic (exact) mass is 267 g/mol. The summed E-state index contributed by atoms with van der Waals surface area (Å²) in [7, 11) is 1.41. The predicted molar refractivity (Wildman–Crippen MR) is 69.1 cm³/mol. The van der Waals surface area contributed by atoms with E-state index in [0.29, 0.717) is 5.69 Å². The fourth-order valence-electron chi connectivity index (χ4n) is 1.26. The summed E-state index contributed by atoms with van der Waals surface area (Å²) in [6.45, 7) is 2.72. The highest BCUT2D eigenvalue weighted by Gasteiger charge is 2.29. The van der Waals surface area contributed by atoms with Gasteiger partial charge in [0.05, 0.1) is 12.5 Å². The van der Waals surface area contributed by atoms with Crippen LogP contribution in [-0.4, -0.2) is 30.8 Å². The number of nitrogens with two attached hydrogens (primary N) is 1. The Morgan fingerprint density at radius 3 is 2.53 bits per heavy atom. The molecule has 0 unspecified atom stereocenters. The molecule has 0 aliphatic carbocycles. The molecular formula is C13H17NO5. The molecule has 0 saturated carbocycles. The van der Waals surface area contributed by atoms with Gasteiger partial charge in [0.1, 0.15) is 17.9 Å². The third kappa shape index (κ3) is 3.61. The van der Waals surface area contributed by atoms with Crippen molar-refractivity contribution in [2.24, 2.45) is 5.41 Å². The minimum Gasteiger partial charge on any atom is -0.496 e. The van der Waals surface area contributed by atoms with E-state index < -0.39 is 17.4 Å². The average molecular weight is 267 g/mol. The highest BCUT2D eigenvalue weighted by Crippen LogP contribution is 2.23. The molecule has 0 radical (unpaired) electrons. The van der Waals surface area contributed by atoms with Gasteiger partial charge in [-0.2, -0.15) is 0 Å². The van der Waals surface area contributed by atoms with Crippen molar-refractivity contribution in [1.82, 2.24) is 0 Å². The minimum absolute atomic E-state index is 0.206. The topological polar surface area (TPSA) is 98.9 Å². The number of aliphatic carboxylic acids is 1. The van der Waals surface area contributed by atoms with E-state index in [2.05, 4.69) is 0 Å². The van der Waals surface area contributed by atoms with Crippen LogP contribution in [0.1, 0.15) is 24.2 Å². The number of rotatable bonds is 5. The number of hydrogen-bond acceptors (Lipinski definition) is 5. The number of hydrogen-bond donors (Lipinski definition) is 2. The molecule has 0 bridgehead atoms. The van der Waals surface area contributed by atoms with Crippen LogP contribution in [0.5, 0.6) is 5.75 Å². The van der Waals surface area contributed by atoms with Crippen LogP contribution < -0.4 is 10.5 Å². The minimum atomic E-state index is -1.14. The molecule has 0 spiro atoms. The molecule has 19 heavy (non-hydrogen) atoms. The Kier molecular flexibility index (Phi) is 4.37. The molecule has 0 atom stereocenters. The number of benzene rings is 1. The van der Waals surface area contributed by atoms with E-state index in [0.717, 1.165) is 0 Å². The number of nitrogen functional groups attached to an aromatic ring is 1. The zero-order valence-electron chi connectivity index (χ0n) is 11.1. The number of methoxy groups -OCH3 is 1. The second-order valence-corrected chi connectivity index (χ2v) is 4.72. The molecular weight excluding hydrogens is 250 g/mol. The Labute approximate surface area is 111 Å². The molecule has 0 heterocycles. The van der Waals surface area contributed by atoms with Crippen molar-refractivity contribution >= 4 is 17.6 Å². The highest BCUT2D eigenvalue weighted by molar-refractivity contribution is 5.93. The lowest BCUT2D eigenvalue weighted by atomic mass is 9.95. The normalized spacial score (nSPS) is 10.9. The molecule has 1 aromatic rings. The Hall–Kier alpha value is -2.24. The Balaban J connectivity index is 2.82. The lowest BCUT2D eigenvalue weighted by Gasteiger charge is -2.19. The fourth-order valence-corrected chi connectivity index (χ4v) is 1.26. The van der Waals surface area contributed by atoms with Crippen LogP contribution in [0, 0.1) is 5.41 Å². The van der Waals surface area contributed by atoms with Gasteiger partial charge in [0.25, 0.3) is 0 Å². The molecule has 0 saturated heterocycles. The molecule has 0 aliphatic rings. The third-order valence-corrected chi connectivity index (χ3v) is 2.59. The van der Waals surface area contributed by atoms with Gasteiger partial charge in [-0.25, -0.2) is 4.79 Å². The summed E-state index contributed by atoms with van der Waals surface area (Å²) in [5, 5.41) is 8.93. The summed E-state index contributed by atoms with van der Waals surface area (Å²) in [5.74, 6) is -1.39. The SMILES string of the molecule is COc1cc(N)ccc1C(=O)OCC(C)(C)C(=O)O. The Morgan fingerprint density at radius 1 is 1.37 bits per heavy atom. The second-order valence-electron chi connectivity index (χ2n) is 4.72. The molecule has 0 fully saturated rings. The van der Waals surface area contributed by atoms with Crippen molar-refractivity contribution in [2.45, 2.75) is 13.8 Å². The molecule has 3 N–H and O–H groups in total. The second kappa shape index (κ2) is 5.60. The van der Waals surface area contributed by atoms with E-state index >= 15 is 0 Å². The van der Waals surface area contributed by atoms with Gasteiger partial charge in [-0.1, -0.05) is 0 Å². The maximum Gasteiger partial charge on any atom is 0.341 e. The van der Waals surface area contributed by atoms with Crippen molar-refractivity contribution in [3.63, 3.8) is 0 Å². The van der Waals surface area contributed by atoms with Gasteiger partial charge in [0.2, 0.25) is 0 Å². The first-order valence-electron chi connectivity index (χ1n) is 5.62. The van der Waals surface area contributed by atoms with E-state index in [1.54, 1.807) is 6.07 Å². The number of anilines is 1. The molecule has 0 aromatic heterocycles. The first kappa shape index (κ1) is 14.8. The average Bonchev–Trinajstić information content (AvgIpc) is 2.35. The summed E-state index contributed by atoms with van der Waals surface area (Å²) in [6.07, 6.45) is 0. The standard InChI is InChI=1S/C13H17NO5/c1-13(2,12(16)17)7-19-11(15)9-5-4-8(14)6-10(9)18-3/h4-6H,7,14H2,1-3H3,(H,16,17). The molecule has 6 nitrogen and oxygen atoms in total. The van der Waals surface area contributed by atoms with Gasteiger partial charge < -0.3 is 20.3 Å². The van der Waals surface area contributed by atoms with Gasteiger partial charge in [0, 0.05) is 11.8 Å². The van der Waals surface area contributed by atoms with Crippen molar-refractivity contribution in [1.29, 1.82) is 0 Å². The van der Waals surface area contributed by atoms with Crippen LogP contribution in [0.4, 0.5) is 5.69 Å². The Morgan fingerprint density at radius 2 is 2.00 bits per heavy atom. The summed E-state index contributed by atoms with van der Waals surface area (Å²) in [4.78, 5) is 22.8. The highest BCUT2D eigenvalue weighted by atomic mass is 16.5. The largest absolute Gasteiger partial charge is 0.496 e. The first-order chi connectivity index (χ1) is 8.77. The van der Waals surface area contributed by atoms with E-state index in [1.165, 1.54) is 33.1 Å². The van der Waals surface area contributed by atoms with Crippen LogP contribution in [0.2, 0.25) is 0 Å². The smallest absolute Gasteiger partial charge is 0.341 e. The van der Waals surface area contributed by atoms with Crippen LogP contribution in [0.25, 0.3) is 0 Å². The number of carbonyl (C=O) groups is 2. The van der Waals surface area contributed by atoms with E-state index in [-0.39, 0.29) is 17.9 Å². The lowest BCUT2D eigenvalue weighted by molar-refractivity contribution is -0.149. The van der Waals surface area contributed by atoms with Crippen molar-refractivity contribution in [3.05, 3.63) is 23.8 Å². The van der Waals surface area contributed by atoms with E-state index in [4.69, 9.17) is 20.3 Å². The maximum absolute atomic E-state index is 11.9. The van der Waals surface area contributed by atoms with Gasteiger partial charge in [-0.05, 0) is 26.0 Å². The maximum atomic E-state index is 11.9. The molecule has 0 amide bonds. The zero-order valence-corrected chi connectivity index (χ0v) is 11.1. The summed E-state index contributed by atoms with van der Waals surface area (Å²) in [6, 6.07) is 4.52. The molecule has 1 aromatic carbocycles. The van der Waals surface area contributed by atoms with E-state index in [9.17, 15) is 9.59 Å². The van der Waals surface area contributed by atoms with Gasteiger partial charge >= 0.3 is 11.9 Å². The first-order valence-corrected chi connectivity index (χ1v) is 5.62. The lowest BCUT2D eigenvalue weighted by Crippen LogP contribution is -2.30. The molecule has 6 heteroatoms. The summed E-state index contributed by atoms with van der Waals surface area (Å²) < 4.78 is 10.0. The van der Waals surface area contributed by atoms with Crippen LogP contribution in [0.3, 0.4) is 0 Å². The third-order valence-electron chi connectivity index (χ3n) is 2.59. The van der Waals surface area contributed by atoms with Crippen molar-refractivity contribution in [2.75, 3.05) is 19.5 Å². The number of carboxylic acid groups (broad SMARTS) is 1. The number of ether oxygens (including phenoxy) is 2. The van der Waals surface area contributed by atoms with Gasteiger partial charge in [-0.15, -0.1) is 0 Å². The van der Waals surface area contributed by atoms with Crippen LogP contribution >= 0.6 is 0 Å². The number of carbonyl (C=O) groups excluding carboxylic acids is 1. The number of esters is 1. The zero-order chi connectivity index (χ0) is 14.6. The van der Waals surface area contributed by atoms with Gasteiger partial charge in [-0.3, -0.25) is 4.79 Å². The predicted octanol–water partition coefficient (Wildman–Crippen LogP) is 1.55. The molecule has 104 valence electrons. The van der Waals surface area contributed by atoms with Crippen LogP contribution in [0.15, 0.2) is 18.2 Å². The van der Waals surface area contributed by atoms with Crippen LogP contribution in [-0.2, 0) is 9.53 Å². The van der Waals surface area contributed by atoms with Crippen molar-refractivity contribution < 1.29 is 24.2 Å². The molecule has 0 aliphatic heterocycles. The Bertz CT molecular complexity index is 496. The molecule has 1 rings (SSSR count). The van der Waals surface area contributed by atoms with Gasteiger partial charge in [0.15, 0.2) is 0 Å².